The Morgan fingerprint density at radius 2 is 2.05 bits per heavy atom. The summed E-state index contributed by atoms with van der Waals surface area (Å²) in [4.78, 5) is 13.3. The first kappa shape index (κ1) is 15.2. The van der Waals surface area contributed by atoms with E-state index in [0.717, 1.165) is 10.0 Å². The third kappa shape index (κ3) is 2.45. The van der Waals surface area contributed by atoms with Crippen LogP contribution in [-0.4, -0.2) is 23.8 Å². The Bertz CT molecular complexity index is 667. The van der Waals surface area contributed by atoms with Gasteiger partial charge in [-0.1, -0.05) is 34.1 Å². The summed E-state index contributed by atoms with van der Waals surface area (Å²) in [6, 6.07) is 7.03. The molecule has 6 heteroatoms. The van der Waals surface area contributed by atoms with Crippen LogP contribution in [0.3, 0.4) is 0 Å². The second kappa shape index (κ2) is 5.50. The molecule has 1 aliphatic carbocycles. The van der Waals surface area contributed by atoms with Crippen molar-refractivity contribution in [2.75, 3.05) is 7.11 Å². The Hall–Kier alpha value is -1.69. The highest BCUT2D eigenvalue weighted by Gasteiger charge is 2.58. The molecule has 3 nitrogen and oxygen atoms in total. The number of allylic oxidation sites excluding steroid dienone is 4. The van der Waals surface area contributed by atoms with Crippen LogP contribution in [0.4, 0.5) is 8.78 Å². The predicted octanol–water partition coefficient (Wildman–Crippen LogP) is 3.86. The number of ether oxygens (including phenoxy) is 1. The number of benzene rings is 1. The van der Waals surface area contributed by atoms with Gasteiger partial charge < -0.3 is 9.64 Å². The van der Waals surface area contributed by atoms with Gasteiger partial charge in [-0.25, -0.2) is 0 Å². The lowest BCUT2D eigenvalue weighted by Crippen LogP contribution is -2.34. The third-order valence-corrected chi connectivity index (χ3v) is 4.52. The highest BCUT2D eigenvalue weighted by atomic mass is 79.9. The molecule has 1 unspecified atom stereocenters. The first-order chi connectivity index (χ1) is 10.4. The summed E-state index contributed by atoms with van der Waals surface area (Å²) in [6.45, 7) is 0.126. The normalized spacial score (nSPS) is 23.0. The summed E-state index contributed by atoms with van der Waals surface area (Å²) >= 11 is 3.30. The first-order valence-electron chi connectivity index (χ1n) is 6.83. The predicted molar refractivity (Wildman–Crippen MR) is 81.7 cm³/mol. The monoisotopic (exact) mass is 369 g/mol. The van der Waals surface area contributed by atoms with E-state index in [1.807, 2.05) is 0 Å². The molecule has 1 aliphatic heterocycles. The summed E-state index contributed by atoms with van der Waals surface area (Å²) in [6.07, 6.45) is 3.44. The molecule has 0 radical (unpaired) electrons. The molecule has 0 aromatic heterocycles. The molecule has 0 N–H and O–H groups in total. The summed E-state index contributed by atoms with van der Waals surface area (Å²) < 4.78 is 34.1. The van der Waals surface area contributed by atoms with Gasteiger partial charge in [0.1, 0.15) is 5.75 Å². The maximum Gasteiger partial charge on any atom is 0.333 e. The van der Waals surface area contributed by atoms with Gasteiger partial charge in [0.2, 0.25) is 0 Å². The molecule has 2 aliphatic rings. The fourth-order valence-corrected chi connectivity index (χ4v) is 3.20. The molecular weight excluding hydrogens is 356 g/mol. The van der Waals surface area contributed by atoms with Gasteiger partial charge in [-0.05, 0) is 30.2 Å². The number of carbonyl (C=O) groups excluding carboxylic acids is 1. The van der Waals surface area contributed by atoms with Gasteiger partial charge in [0, 0.05) is 10.2 Å². The zero-order chi connectivity index (χ0) is 15.9. The highest BCUT2D eigenvalue weighted by Crippen LogP contribution is 2.47. The lowest BCUT2D eigenvalue weighted by molar-refractivity contribution is -0.151. The van der Waals surface area contributed by atoms with Gasteiger partial charge in [0.15, 0.2) is 0 Å². The largest absolute Gasteiger partial charge is 0.497 e. The Kier molecular flexibility index (Phi) is 3.80. The van der Waals surface area contributed by atoms with Crippen molar-refractivity contribution in [1.82, 2.24) is 4.90 Å². The van der Waals surface area contributed by atoms with Crippen LogP contribution < -0.4 is 4.74 Å². The van der Waals surface area contributed by atoms with Gasteiger partial charge in [-0.15, -0.1) is 0 Å². The minimum absolute atomic E-state index is 0.126. The van der Waals surface area contributed by atoms with Crippen molar-refractivity contribution in [2.45, 2.75) is 18.9 Å². The van der Waals surface area contributed by atoms with E-state index >= 15 is 0 Å². The van der Waals surface area contributed by atoms with Gasteiger partial charge in [-0.2, -0.15) is 8.78 Å². The molecule has 0 spiro atoms. The number of fused-ring (bicyclic) bond motifs is 1. The van der Waals surface area contributed by atoms with Crippen LogP contribution in [0, 0.1) is 5.92 Å². The van der Waals surface area contributed by atoms with E-state index in [-0.39, 0.29) is 13.0 Å². The van der Waals surface area contributed by atoms with Crippen LogP contribution in [0.2, 0.25) is 0 Å². The summed E-state index contributed by atoms with van der Waals surface area (Å²) in [5.41, 5.74) is 1.15. The molecule has 1 fully saturated rings. The zero-order valence-corrected chi connectivity index (χ0v) is 13.4. The number of alkyl halides is 2. The van der Waals surface area contributed by atoms with E-state index < -0.39 is 17.7 Å². The van der Waals surface area contributed by atoms with E-state index in [4.69, 9.17) is 4.74 Å². The lowest BCUT2D eigenvalue weighted by atomic mass is 9.94. The number of amides is 1. The minimum Gasteiger partial charge on any atom is -0.497 e. The van der Waals surface area contributed by atoms with Crippen molar-refractivity contribution in [3.63, 3.8) is 0 Å². The molecular formula is C16H14BrF2NO2. The number of hydrogen-bond donors (Lipinski definition) is 0. The van der Waals surface area contributed by atoms with Crippen molar-refractivity contribution >= 4 is 21.8 Å². The van der Waals surface area contributed by atoms with Crippen molar-refractivity contribution in [3.05, 3.63) is 52.2 Å². The number of nitrogens with zero attached hydrogens (tertiary/aromatic N) is 1. The van der Waals surface area contributed by atoms with Crippen molar-refractivity contribution in [1.29, 1.82) is 0 Å². The SMILES string of the molecule is COc1ccc(CN2C(=O)C(F)(F)C3CC=C(Br)C=C32)cc1. The zero-order valence-electron chi connectivity index (χ0n) is 11.9. The number of halogens is 3. The number of carbonyl (C=O) groups is 1. The fourth-order valence-electron chi connectivity index (χ4n) is 2.77. The molecule has 1 amide bonds. The van der Waals surface area contributed by atoms with E-state index in [1.165, 1.54) is 4.90 Å². The molecule has 0 bridgehead atoms. The van der Waals surface area contributed by atoms with E-state index in [9.17, 15) is 13.6 Å². The fraction of sp³-hybridized carbons (Fsp3) is 0.312. The number of likely N-dealkylation sites (tertiary alicyclic amines) is 1. The molecule has 1 atom stereocenters. The number of hydrogen-bond acceptors (Lipinski definition) is 2. The molecule has 1 heterocycles. The molecule has 116 valence electrons. The van der Waals surface area contributed by atoms with Gasteiger partial charge in [0.05, 0.1) is 19.6 Å². The molecule has 0 saturated carbocycles. The average Bonchev–Trinajstić information content (AvgIpc) is 2.69. The second-order valence-corrected chi connectivity index (χ2v) is 6.22. The second-order valence-electron chi connectivity index (χ2n) is 5.31. The van der Waals surface area contributed by atoms with E-state index in [2.05, 4.69) is 15.9 Å². The Labute approximate surface area is 135 Å². The van der Waals surface area contributed by atoms with Crippen LogP contribution in [0.25, 0.3) is 0 Å². The highest BCUT2D eigenvalue weighted by molar-refractivity contribution is 9.11. The van der Waals surface area contributed by atoms with E-state index in [0.29, 0.717) is 11.4 Å². The smallest absolute Gasteiger partial charge is 0.333 e. The molecule has 1 saturated heterocycles. The van der Waals surface area contributed by atoms with Gasteiger partial charge in [0.25, 0.3) is 5.91 Å². The maximum absolute atomic E-state index is 14.2. The van der Waals surface area contributed by atoms with Gasteiger partial charge >= 0.3 is 5.92 Å². The topological polar surface area (TPSA) is 29.5 Å². The van der Waals surface area contributed by atoms with Crippen LogP contribution in [0.1, 0.15) is 12.0 Å². The lowest BCUT2D eigenvalue weighted by Gasteiger charge is -2.22. The summed E-state index contributed by atoms with van der Waals surface area (Å²) in [7, 11) is 1.56. The third-order valence-electron chi connectivity index (χ3n) is 3.97. The van der Waals surface area contributed by atoms with Crippen molar-refractivity contribution < 1.29 is 18.3 Å². The molecule has 1 aromatic carbocycles. The molecule has 1 aromatic rings. The Morgan fingerprint density at radius 3 is 2.68 bits per heavy atom. The van der Waals surface area contributed by atoms with Crippen molar-refractivity contribution in [3.8, 4) is 5.75 Å². The van der Waals surface area contributed by atoms with Gasteiger partial charge in [-0.3, -0.25) is 4.79 Å². The first-order valence-corrected chi connectivity index (χ1v) is 7.62. The molecule has 3 rings (SSSR count). The van der Waals surface area contributed by atoms with Crippen LogP contribution >= 0.6 is 15.9 Å². The summed E-state index contributed by atoms with van der Waals surface area (Å²) in [5.74, 6) is -4.86. The quantitative estimate of drug-likeness (QED) is 0.809. The Balaban J connectivity index is 1.91. The van der Waals surface area contributed by atoms with Crippen LogP contribution in [0.15, 0.2) is 46.6 Å². The maximum atomic E-state index is 14.2. The van der Waals surface area contributed by atoms with Crippen molar-refractivity contribution in [2.24, 2.45) is 5.92 Å². The van der Waals surface area contributed by atoms with E-state index in [1.54, 1.807) is 43.5 Å². The average molecular weight is 370 g/mol. The molecule has 22 heavy (non-hydrogen) atoms. The minimum atomic E-state index is -3.34. The summed E-state index contributed by atoms with van der Waals surface area (Å²) in [5, 5.41) is 0. The number of methoxy groups -OCH3 is 1. The Morgan fingerprint density at radius 1 is 1.36 bits per heavy atom. The standard InChI is InChI=1S/C16H14BrF2NO2/c1-22-12-5-2-10(3-6-12)9-20-14-8-11(17)4-7-13(14)16(18,19)15(20)21/h2-6,8,13H,7,9H2,1H3. The van der Waals surface area contributed by atoms with Crippen LogP contribution in [0.5, 0.6) is 5.75 Å². The number of rotatable bonds is 3. The van der Waals surface area contributed by atoms with Crippen LogP contribution in [-0.2, 0) is 11.3 Å².